The monoisotopic (exact) mass is 513 g/mol. The molecule has 0 spiro atoms. The van der Waals surface area contributed by atoms with Crippen molar-refractivity contribution in [3.05, 3.63) is 131 Å². The maximum Gasteiger partial charge on any atom is 0.261 e. The number of carbonyl (C=O) groups excluding carboxylic acids is 2. The van der Waals surface area contributed by atoms with Crippen molar-refractivity contribution in [3.63, 3.8) is 0 Å². The summed E-state index contributed by atoms with van der Waals surface area (Å²) in [5, 5.41) is 3.57. The molecule has 7 heteroatoms. The number of pyridine rings is 1. The number of halogens is 1. The van der Waals surface area contributed by atoms with Gasteiger partial charge in [0.2, 0.25) is 5.91 Å². The number of nitrogens with zero attached hydrogens (tertiary/aromatic N) is 2. The number of benzene rings is 3. The first-order valence-corrected chi connectivity index (χ1v) is 12.4. The molecule has 0 saturated heterocycles. The van der Waals surface area contributed by atoms with Gasteiger partial charge in [-0.1, -0.05) is 78.3 Å². The number of hydrogen-bond acceptors (Lipinski definition) is 4. The quantitative estimate of drug-likeness (QED) is 0.304. The highest BCUT2D eigenvalue weighted by Crippen LogP contribution is 2.18. The van der Waals surface area contributed by atoms with E-state index in [1.807, 2.05) is 78.9 Å². The zero-order valence-electron chi connectivity index (χ0n) is 20.3. The van der Waals surface area contributed by atoms with Crippen LogP contribution in [0.4, 0.5) is 0 Å². The smallest absolute Gasteiger partial charge is 0.261 e. The highest BCUT2D eigenvalue weighted by molar-refractivity contribution is 6.30. The van der Waals surface area contributed by atoms with E-state index >= 15 is 0 Å². The lowest BCUT2D eigenvalue weighted by Crippen LogP contribution is -2.51. The molecule has 0 aliphatic carbocycles. The molecule has 6 nitrogen and oxygen atoms in total. The molecule has 0 unspecified atom stereocenters. The van der Waals surface area contributed by atoms with Crippen LogP contribution in [0.2, 0.25) is 5.02 Å². The number of ether oxygens (including phenoxy) is 1. The van der Waals surface area contributed by atoms with Crippen molar-refractivity contribution in [2.75, 3.05) is 6.61 Å². The van der Waals surface area contributed by atoms with Crippen LogP contribution in [0.3, 0.4) is 0 Å². The van der Waals surface area contributed by atoms with E-state index in [2.05, 4.69) is 10.3 Å². The Morgan fingerprint density at radius 1 is 0.838 bits per heavy atom. The van der Waals surface area contributed by atoms with Crippen LogP contribution < -0.4 is 10.1 Å². The maximum atomic E-state index is 13.6. The van der Waals surface area contributed by atoms with E-state index in [0.29, 0.717) is 17.2 Å². The first-order chi connectivity index (χ1) is 18.1. The van der Waals surface area contributed by atoms with Crippen molar-refractivity contribution in [1.29, 1.82) is 0 Å². The van der Waals surface area contributed by atoms with Crippen LogP contribution in [-0.4, -0.2) is 34.3 Å². The van der Waals surface area contributed by atoms with E-state index in [4.69, 9.17) is 16.3 Å². The normalized spacial score (nSPS) is 11.4. The summed E-state index contributed by atoms with van der Waals surface area (Å²) in [5.74, 6) is 0.0192. The van der Waals surface area contributed by atoms with Crippen LogP contribution >= 0.6 is 11.6 Å². The molecule has 0 aliphatic heterocycles. The van der Waals surface area contributed by atoms with Gasteiger partial charge in [0.05, 0.1) is 12.2 Å². The third-order valence-electron chi connectivity index (χ3n) is 5.81. The largest absolute Gasteiger partial charge is 0.484 e. The Morgan fingerprint density at radius 3 is 2.19 bits per heavy atom. The minimum Gasteiger partial charge on any atom is -0.484 e. The fourth-order valence-electron chi connectivity index (χ4n) is 3.88. The summed E-state index contributed by atoms with van der Waals surface area (Å²) < 4.78 is 5.76. The minimum atomic E-state index is -0.770. The number of hydrogen-bond donors (Lipinski definition) is 1. The lowest BCUT2D eigenvalue weighted by Gasteiger charge is -2.31. The molecule has 0 saturated carbocycles. The summed E-state index contributed by atoms with van der Waals surface area (Å²) >= 11 is 6.08. The SMILES string of the molecule is O=C(NCc1ccccn1)[C@H](Cc1ccccc1)N(Cc1ccc(Cl)cc1)C(=O)COc1ccccc1. The third kappa shape index (κ3) is 7.92. The number of aromatic nitrogens is 1. The topological polar surface area (TPSA) is 71.5 Å². The second-order valence-electron chi connectivity index (χ2n) is 8.49. The van der Waals surface area contributed by atoms with Crippen molar-refractivity contribution >= 4 is 23.4 Å². The molecule has 0 radical (unpaired) electrons. The number of rotatable bonds is 11. The van der Waals surface area contributed by atoms with Crippen molar-refractivity contribution in [2.45, 2.75) is 25.6 Å². The molecule has 1 N–H and O–H groups in total. The van der Waals surface area contributed by atoms with Gasteiger partial charge < -0.3 is 15.0 Å². The first-order valence-electron chi connectivity index (χ1n) is 12.0. The predicted molar refractivity (Wildman–Crippen MR) is 144 cm³/mol. The summed E-state index contributed by atoms with van der Waals surface area (Å²) in [7, 11) is 0. The van der Waals surface area contributed by atoms with Crippen molar-refractivity contribution in [3.8, 4) is 5.75 Å². The molecule has 4 rings (SSSR count). The van der Waals surface area contributed by atoms with E-state index in [-0.39, 0.29) is 31.5 Å². The van der Waals surface area contributed by atoms with E-state index in [1.54, 1.807) is 35.4 Å². The lowest BCUT2D eigenvalue weighted by atomic mass is 10.0. The van der Waals surface area contributed by atoms with Crippen LogP contribution in [0, 0.1) is 0 Å². The molecule has 0 fully saturated rings. The van der Waals surface area contributed by atoms with Gasteiger partial charge in [0.1, 0.15) is 11.8 Å². The molecule has 37 heavy (non-hydrogen) atoms. The number of carbonyl (C=O) groups is 2. The van der Waals surface area contributed by atoms with Gasteiger partial charge in [0.15, 0.2) is 6.61 Å². The van der Waals surface area contributed by atoms with Gasteiger partial charge in [-0.25, -0.2) is 0 Å². The molecule has 3 aromatic carbocycles. The van der Waals surface area contributed by atoms with Crippen molar-refractivity contribution in [2.24, 2.45) is 0 Å². The van der Waals surface area contributed by atoms with Gasteiger partial charge in [0, 0.05) is 24.2 Å². The highest BCUT2D eigenvalue weighted by atomic mass is 35.5. The van der Waals surface area contributed by atoms with Gasteiger partial charge in [0.25, 0.3) is 5.91 Å². The van der Waals surface area contributed by atoms with Crippen LogP contribution in [0.15, 0.2) is 109 Å². The second kappa shape index (κ2) is 13.2. The maximum absolute atomic E-state index is 13.6. The van der Waals surface area contributed by atoms with Crippen LogP contribution in [0.1, 0.15) is 16.8 Å². The number of para-hydroxylation sites is 1. The Kier molecular flexibility index (Phi) is 9.27. The molecule has 1 heterocycles. The summed E-state index contributed by atoms with van der Waals surface area (Å²) in [6.07, 6.45) is 2.03. The molecule has 1 aromatic heterocycles. The molecular formula is C30H28ClN3O3. The number of nitrogens with one attached hydrogen (secondary N) is 1. The van der Waals surface area contributed by atoms with E-state index in [0.717, 1.165) is 16.8 Å². The van der Waals surface area contributed by atoms with Crippen LogP contribution in [-0.2, 0) is 29.1 Å². The van der Waals surface area contributed by atoms with Crippen molar-refractivity contribution < 1.29 is 14.3 Å². The molecule has 188 valence electrons. The Bertz CT molecular complexity index is 1270. The van der Waals surface area contributed by atoms with Crippen LogP contribution in [0.25, 0.3) is 0 Å². The van der Waals surface area contributed by atoms with Gasteiger partial charge in [-0.15, -0.1) is 0 Å². The van der Waals surface area contributed by atoms with Gasteiger partial charge >= 0.3 is 0 Å². The summed E-state index contributed by atoms with van der Waals surface area (Å²) in [6, 6.07) is 30.8. The molecule has 0 aliphatic rings. The Balaban J connectivity index is 1.60. The zero-order chi connectivity index (χ0) is 25.9. The number of amides is 2. The van der Waals surface area contributed by atoms with E-state index < -0.39 is 6.04 Å². The predicted octanol–water partition coefficient (Wildman–Crippen LogP) is 5.07. The third-order valence-corrected chi connectivity index (χ3v) is 6.06. The van der Waals surface area contributed by atoms with Crippen LogP contribution in [0.5, 0.6) is 5.75 Å². The standard InChI is InChI=1S/C30H28ClN3O3/c31-25-16-14-24(15-17-25)21-34(29(35)22-37-27-12-5-2-6-13-27)28(19-23-9-3-1-4-10-23)30(36)33-20-26-11-7-8-18-32-26/h1-18,28H,19-22H2,(H,33,36)/t28-/m0/s1. The Labute approximate surface area is 221 Å². The van der Waals surface area contributed by atoms with E-state index in [9.17, 15) is 9.59 Å². The molecule has 1 atom stereocenters. The summed E-state index contributed by atoms with van der Waals surface area (Å²) in [4.78, 5) is 33.0. The van der Waals surface area contributed by atoms with Gasteiger partial charge in [-0.2, -0.15) is 0 Å². The lowest BCUT2D eigenvalue weighted by molar-refractivity contribution is -0.142. The molecule has 2 amide bonds. The Hall–Kier alpha value is -4.16. The minimum absolute atomic E-state index is 0.198. The summed E-state index contributed by atoms with van der Waals surface area (Å²) in [5.41, 5.74) is 2.53. The fraction of sp³-hybridized carbons (Fsp3) is 0.167. The zero-order valence-corrected chi connectivity index (χ0v) is 21.1. The van der Waals surface area contributed by atoms with E-state index in [1.165, 1.54) is 0 Å². The molecular weight excluding hydrogens is 486 g/mol. The van der Waals surface area contributed by atoms with Crippen molar-refractivity contribution in [1.82, 2.24) is 15.2 Å². The summed E-state index contributed by atoms with van der Waals surface area (Å²) in [6.45, 7) is 0.285. The van der Waals surface area contributed by atoms with Gasteiger partial charge in [-0.3, -0.25) is 14.6 Å². The highest BCUT2D eigenvalue weighted by Gasteiger charge is 2.30. The molecule has 0 bridgehead atoms. The molecule has 4 aromatic rings. The Morgan fingerprint density at radius 2 is 1.51 bits per heavy atom. The average Bonchev–Trinajstić information content (AvgIpc) is 2.95. The second-order valence-corrected chi connectivity index (χ2v) is 8.93. The fourth-order valence-corrected chi connectivity index (χ4v) is 4.01. The average molecular weight is 514 g/mol. The first kappa shape index (κ1) is 25.9. The van der Waals surface area contributed by atoms with Gasteiger partial charge in [-0.05, 0) is 47.5 Å².